The summed E-state index contributed by atoms with van der Waals surface area (Å²) >= 11 is 0. The van der Waals surface area contributed by atoms with Crippen LogP contribution >= 0.6 is 0 Å². The summed E-state index contributed by atoms with van der Waals surface area (Å²) in [6.45, 7) is 9.17. The van der Waals surface area contributed by atoms with Gasteiger partial charge in [-0.1, -0.05) is 20.3 Å². The van der Waals surface area contributed by atoms with E-state index in [4.69, 9.17) is 4.42 Å². The molecule has 0 aliphatic heterocycles. The van der Waals surface area contributed by atoms with Gasteiger partial charge in [-0.15, -0.1) is 0 Å². The molecule has 0 saturated carbocycles. The third-order valence-electron chi connectivity index (χ3n) is 3.23. The van der Waals surface area contributed by atoms with Gasteiger partial charge in [0.15, 0.2) is 0 Å². The SMILES string of the molecule is CCC(C)C(CO)NCc1cc(C)oc1C. The van der Waals surface area contributed by atoms with Crippen molar-refractivity contribution in [1.82, 2.24) is 5.32 Å². The van der Waals surface area contributed by atoms with Gasteiger partial charge in [0.05, 0.1) is 6.61 Å². The van der Waals surface area contributed by atoms with Gasteiger partial charge in [-0.25, -0.2) is 0 Å². The third kappa shape index (κ3) is 3.35. The number of hydrogen-bond donors (Lipinski definition) is 2. The molecule has 0 bridgehead atoms. The molecule has 0 saturated heterocycles. The van der Waals surface area contributed by atoms with E-state index in [1.165, 1.54) is 5.56 Å². The van der Waals surface area contributed by atoms with Crippen LogP contribution in [0.5, 0.6) is 0 Å². The lowest BCUT2D eigenvalue weighted by Gasteiger charge is -2.21. The zero-order valence-electron chi connectivity index (χ0n) is 10.7. The fourth-order valence-corrected chi connectivity index (χ4v) is 1.83. The Morgan fingerprint density at radius 1 is 1.44 bits per heavy atom. The lowest BCUT2D eigenvalue weighted by Crippen LogP contribution is -2.37. The first-order chi connectivity index (χ1) is 7.58. The first-order valence-corrected chi connectivity index (χ1v) is 5.98. The van der Waals surface area contributed by atoms with E-state index in [9.17, 15) is 5.11 Å². The first-order valence-electron chi connectivity index (χ1n) is 5.98. The molecule has 2 N–H and O–H groups in total. The van der Waals surface area contributed by atoms with Crippen molar-refractivity contribution in [2.24, 2.45) is 5.92 Å². The molecule has 92 valence electrons. The van der Waals surface area contributed by atoms with Gasteiger partial charge in [-0.05, 0) is 25.8 Å². The number of nitrogens with one attached hydrogen (secondary N) is 1. The molecular formula is C13H23NO2. The second-order valence-electron chi connectivity index (χ2n) is 4.49. The molecule has 2 atom stereocenters. The Morgan fingerprint density at radius 2 is 2.12 bits per heavy atom. The fraction of sp³-hybridized carbons (Fsp3) is 0.692. The minimum Gasteiger partial charge on any atom is -0.466 e. The molecule has 0 fully saturated rings. The number of hydrogen-bond acceptors (Lipinski definition) is 3. The normalized spacial score (nSPS) is 15.1. The standard InChI is InChI=1S/C13H23NO2/c1-5-9(2)13(8-15)14-7-12-6-10(3)16-11(12)4/h6,9,13-15H,5,7-8H2,1-4H3. The molecule has 2 unspecified atom stereocenters. The summed E-state index contributed by atoms with van der Waals surface area (Å²) in [7, 11) is 0. The van der Waals surface area contributed by atoms with Crippen molar-refractivity contribution in [3.63, 3.8) is 0 Å². The van der Waals surface area contributed by atoms with E-state index in [1.807, 2.05) is 19.9 Å². The van der Waals surface area contributed by atoms with E-state index in [0.29, 0.717) is 5.92 Å². The monoisotopic (exact) mass is 225 g/mol. The summed E-state index contributed by atoms with van der Waals surface area (Å²) in [6.07, 6.45) is 1.07. The summed E-state index contributed by atoms with van der Waals surface area (Å²) < 4.78 is 5.46. The Labute approximate surface area is 97.9 Å². The molecule has 0 aromatic carbocycles. The largest absolute Gasteiger partial charge is 0.466 e. The zero-order valence-corrected chi connectivity index (χ0v) is 10.7. The second-order valence-corrected chi connectivity index (χ2v) is 4.49. The maximum absolute atomic E-state index is 9.29. The highest BCUT2D eigenvalue weighted by Gasteiger charge is 2.15. The van der Waals surface area contributed by atoms with Gasteiger partial charge in [-0.2, -0.15) is 0 Å². The van der Waals surface area contributed by atoms with Crippen LogP contribution in [0.15, 0.2) is 10.5 Å². The predicted octanol–water partition coefficient (Wildman–Crippen LogP) is 2.39. The summed E-state index contributed by atoms with van der Waals surface area (Å²) in [5.41, 5.74) is 1.18. The number of aliphatic hydroxyl groups is 1. The Bertz CT molecular complexity index is 320. The number of aliphatic hydroxyl groups excluding tert-OH is 1. The van der Waals surface area contributed by atoms with E-state index in [0.717, 1.165) is 24.5 Å². The van der Waals surface area contributed by atoms with Gasteiger partial charge in [0, 0.05) is 18.2 Å². The van der Waals surface area contributed by atoms with Crippen LogP contribution in [0.25, 0.3) is 0 Å². The summed E-state index contributed by atoms with van der Waals surface area (Å²) in [5, 5.41) is 12.7. The van der Waals surface area contributed by atoms with Crippen LogP contribution in [-0.4, -0.2) is 17.8 Å². The fourth-order valence-electron chi connectivity index (χ4n) is 1.83. The highest BCUT2D eigenvalue weighted by molar-refractivity contribution is 5.19. The molecule has 3 nitrogen and oxygen atoms in total. The number of furan rings is 1. The van der Waals surface area contributed by atoms with Crippen molar-refractivity contribution in [3.05, 3.63) is 23.2 Å². The molecule has 1 aromatic rings. The van der Waals surface area contributed by atoms with Crippen molar-refractivity contribution < 1.29 is 9.52 Å². The highest BCUT2D eigenvalue weighted by Crippen LogP contribution is 2.14. The van der Waals surface area contributed by atoms with Crippen LogP contribution < -0.4 is 5.32 Å². The minimum atomic E-state index is 0.166. The predicted molar refractivity (Wildman–Crippen MR) is 65.4 cm³/mol. The van der Waals surface area contributed by atoms with Crippen molar-refractivity contribution in [1.29, 1.82) is 0 Å². The van der Waals surface area contributed by atoms with Crippen LogP contribution in [0.4, 0.5) is 0 Å². The van der Waals surface area contributed by atoms with Crippen molar-refractivity contribution >= 4 is 0 Å². The van der Waals surface area contributed by atoms with Crippen LogP contribution in [0, 0.1) is 19.8 Å². The average molecular weight is 225 g/mol. The molecule has 0 aliphatic carbocycles. The smallest absolute Gasteiger partial charge is 0.105 e. The third-order valence-corrected chi connectivity index (χ3v) is 3.23. The van der Waals surface area contributed by atoms with Crippen LogP contribution in [-0.2, 0) is 6.54 Å². The van der Waals surface area contributed by atoms with Crippen LogP contribution in [0.1, 0.15) is 37.4 Å². The lowest BCUT2D eigenvalue weighted by molar-refractivity contribution is 0.201. The maximum Gasteiger partial charge on any atom is 0.105 e. The van der Waals surface area contributed by atoms with E-state index < -0.39 is 0 Å². The summed E-state index contributed by atoms with van der Waals surface area (Å²) in [6, 6.07) is 2.22. The zero-order chi connectivity index (χ0) is 12.1. The number of aryl methyl sites for hydroxylation is 2. The van der Waals surface area contributed by atoms with E-state index in [-0.39, 0.29) is 12.6 Å². The van der Waals surface area contributed by atoms with Gasteiger partial charge in [0.2, 0.25) is 0 Å². The molecule has 0 radical (unpaired) electrons. The molecule has 0 spiro atoms. The van der Waals surface area contributed by atoms with Crippen molar-refractivity contribution in [3.8, 4) is 0 Å². The van der Waals surface area contributed by atoms with Crippen molar-refractivity contribution in [2.45, 2.75) is 46.7 Å². The first kappa shape index (κ1) is 13.3. The summed E-state index contributed by atoms with van der Waals surface area (Å²) in [4.78, 5) is 0. The molecule has 0 amide bonds. The molecule has 1 heterocycles. The Balaban J connectivity index is 2.52. The quantitative estimate of drug-likeness (QED) is 0.781. The Morgan fingerprint density at radius 3 is 2.56 bits per heavy atom. The second kappa shape index (κ2) is 6.06. The van der Waals surface area contributed by atoms with Gasteiger partial charge in [0.1, 0.15) is 11.5 Å². The Kier molecular flexibility index (Phi) is 5.03. The molecule has 16 heavy (non-hydrogen) atoms. The van der Waals surface area contributed by atoms with Gasteiger partial charge in [0.25, 0.3) is 0 Å². The number of rotatable bonds is 6. The van der Waals surface area contributed by atoms with Gasteiger partial charge >= 0.3 is 0 Å². The van der Waals surface area contributed by atoms with Gasteiger partial charge < -0.3 is 14.8 Å². The molecule has 0 aliphatic rings. The van der Waals surface area contributed by atoms with Crippen LogP contribution in [0.3, 0.4) is 0 Å². The van der Waals surface area contributed by atoms with Gasteiger partial charge in [-0.3, -0.25) is 0 Å². The molecule has 1 aromatic heterocycles. The summed E-state index contributed by atoms with van der Waals surface area (Å²) in [5.74, 6) is 2.39. The van der Waals surface area contributed by atoms with E-state index >= 15 is 0 Å². The molecular weight excluding hydrogens is 202 g/mol. The topological polar surface area (TPSA) is 45.4 Å². The maximum atomic E-state index is 9.29. The highest BCUT2D eigenvalue weighted by atomic mass is 16.3. The van der Waals surface area contributed by atoms with E-state index in [2.05, 4.69) is 19.2 Å². The van der Waals surface area contributed by atoms with Crippen LogP contribution in [0.2, 0.25) is 0 Å². The lowest BCUT2D eigenvalue weighted by atomic mass is 10.00. The molecule has 1 rings (SSSR count). The average Bonchev–Trinajstić information content (AvgIpc) is 2.58. The molecule has 3 heteroatoms. The Hall–Kier alpha value is -0.800. The minimum absolute atomic E-state index is 0.166. The van der Waals surface area contributed by atoms with Crippen molar-refractivity contribution in [2.75, 3.05) is 6.61 Å². The van der Waals surface area contributed by atoms with E-state index in [1.54, 1.807) is 0 Å².